The lowest BCUT2D eigenvalue weighted by atomic mass is 9.82. The summed E-state index contributed by atoms with van der Waals surface area (Å²) in [5.41, 5.74) is 0. The van der Waals surface area contributed by atoms with E-state index in [1.54, 1.807) is 11.4 Å². The van der Waals surface area contributed by atoms with Crippen molar-refractivity contribution < 1.29 is 13.5 Å². The highest BCUT2D eigenvalue weighted by Gasteiger charge is 2.33. The molecule has 5 nitrogen and oxygen atoms in total. The molecule has 1 aliphatic carbocycles. The van der Waals surface area contributed by atoms with E-state index in [0.29, 0.717) is 25.6 Å². The second-order valence-electron chi connectivity index (χ2n) is 5.59. The molecule has 1 N–H and O–H groups in total. The second-order valence-corrected chi connectivity index (χ2v) is 7.63. The summed E-state index contributed by atoms with van der Waals surface area (Å²) >= 11 is 0. The van der Waals surface area contributed by atoms with Crippen LogP contribution in [0.1, 0.15) is 38.5 Å². The van der Waals surface area contributed by atoms with Crippen LogP contribution in [0, 0.1) is 5.92 Å². The number of aliphatic hydroxyl groups is 1. The molecule has 0 radical (unpaired) electrons. The summed E-state index contributed by atoms with van der Waals surface area (Å²) in [6.07, 6.45) is 5.45. The molecule has 2 rings (SSSR count). The van der Waals surface area contributed by atoms with E-state index in [4.69, 9.17) is 0 Å². The van der Waals surface area contributed by atoms with Gasteiger partial charge in [-0.2, -0.15) is 17.0 Å². The Morgan fingerprint density at radius 1 is 1.17 bits per heavy atom. The third-order valence-corrected chi connectivity index (χ3v) is 5.97. The number of hydrogen-bond donors (Lipinski definition) is 1. The van der Waals surface area contributed by atoms with E-state index in [2.05, 4.69) is 0 Å². The first-order valence-electron chi connectivity index (χ1n) is 6.89. The molecule has 0 aromatic rings. The molecule has 18 heavy (non-hydrogen) atoms. The predicted molar refractivity (Wildman–Crippen MR) is 70.3 cm³/mol. The normalized spacial score (nSPS) is 31.1. The molecule has 1 saturated heterocycles. The molecule has 0 amide bonds. The molecule has 0 atom stereocenters. The molecule has 2 aliphatic rings. The van der Waals surface area contributed by atoms with Crippen LogP contribution in [-0.2, 0) is 10.2 Å². The Balaban J connectivity index is 1.91. The lowest BCUT2D eigenvalue weighted by Gasteiger charge is -2.35. The molecule has 0 bridgehead atoms. The zero-order chi connectivity index (χ0) is 13.2. The largest absolute Gasteiger partial charge is 0.393 e. The van der Waals surface area contributed by atoms with Crippen molar-refractivity contribution in [2.45, 2.75) is 44.6 Å². The van der Waals surface area contributed by atoms with Crippen LogP contribution in [0.4, 0.5) is 0 Å². The Hall–Kier alpha value is -0.170. The maximum Gasteiger partial charge on any atom is 0.281 e. The third-order valence-electron chi connectivity index (χ3n) is 4.01. The Kier molecular flexibility index (Phi) is 4.64. The van der Waals surface area contributed by atoms with E-state index in [1.807, 2.05) is 0 Å². The molecule has 6 heteroatoms. The number of hydrogen-bond acceptors (Lipinski definition) is 3. The Morgan fingerprint density at radius 2 is 1.72 bits per heavy atom. The maximum atomic E-state index is 12.4. The van der Waals surface area contributed by atoms with Crippen molar-refractivity contribution in [2.24, 2.45) is 5.92 Å². The first-order valence-corrected chi connectivity index (χ1v) is 8.29. The highest BCUT2D eigenvalue weighted by Crippen LogP contribution is 2.28. The van der Waals surface area contributed by atoms with Crippen molar-refractivity contribution in [2.75, 3.05) is 26.7 Å². The molecule has 1 heterocycles. The summed E-state index contributed by atoms with van der Waals surface area (Å²) < 4.78 is 27.9. The number of nitrogens with zero attached hydrogens (tertiary/aromatic N) is 2. The van der Waals surface area contributed by atoms with Gasteiger partial charge in [-0.25, -0.2) is 0 Å². The highest BCUT2D eigenvalue weighted by molar-refractivity contribution is 7.86. The lowest BCUT2D eigenvalue weighted by molar-refractivity contribution is 0.0362. The van der Waals surface area contributed by atoms with Crippen LogP contribution in [0.15, 0.2) is 0 Å². The minimum absolute atomic E-state index is 0.218. The van der Waals surface area contributed by atoms with Gasteiger partial charge in [-0.1, -0.05) is 12.8 Å². The molecule has 1 aliphatic heterocycles. The quantitative estimate of drug-likeness (QED) is 0.826. The first kappa shape index (κ1) is 14.2. The van der Waals surface area contributed by atoms with Gasteiger partial charge in [0.2, 0.25) is 0 Å². The summed E-state index contributed by atoms with van der Waals surface area (Å²) in [5.74, 6) is 0.326. The minimum Gasteiger partial charge on any atom is -0.393 e. The van der Waals surface area contributed by atoms with Crippen LogP contribution in [0.5, 0.6) is 0 Å². The van der Waals surface area contributed by atoms with E-state index in [9.17, 15) is 13.5 Å². The SMILES string of the molecule is CN(CC1CC(O)C1)S(=O)(=O)N1CCCCCC1. The molecule has 1 saturated carbocycles. The van der Waals surface area contributed by atoms with Gasteiger partial charge in [-0.3, -0.25) is 0 Å². The van der Waals surface area contributed by atoms with Crippen molar-refractivity contribution >= 4 is 10.2 Å². The Morgan fingerprint density at radius 3 is 2.22 bits per heavy atom. The van der Waals surface area contributed by atoms with Gasteiger partial charge in [0, 0.05) is 26.7 Å². The van der Waals surface area contributed by atoms with Gasteiger partial charge >= 0.3 is 0 Å². The molecule has 0 unspecified atom stereocenters. The number of rotatable bonds is 4. The van der Waals surface area contributed by atoms with E-state index in [-0.39, 0.29) is 6.10 Å². The van der Waals surface area contributed by atoms with Crippen molar-refractivity contribution in [1.82, 2.24) is 8.61 Å². The van der Waals surface area contributed by atoms with Crippen molar-refractivity contribution in [3.8, 4) is 0 Å². The predicted octanol–water partition coefficient (Wildman–Crippen LogP) is 0.810. The molecule has 2 fully saturated rings. The fourth-order valence-electron chi connectivity index (χ4n) is 2.78. The lowest BCUT2D eigenvalue weighted by Crippen LogP contribution is -2.46. The van der Waals surface area contributed by atoms with Crippen LogP contribution in [0.25, 0.3) is 0 Å². The fourth-order valence-corrected chi connectivity index (χ4v) is 4.29. The smallest absolute Gasteiger partial charge is 0.281 e. The van der Waals surface area contributed by atoms with E-state index < -0.39 is 10.2 Å². The van der Waals surface area contributed by atoms with Crippen LogP contribution in [0.3, 0.4) is 0 Å². The molecule has 106 valence electrons. The van der Waals surface area contributed by atoms with E-state index >= 15 is 0 Å². The maximum absolute atomic E-state index is 12.4. The summed E-state index contributed by atoms with van der Waals surface area (Å²) in [5, 5.41) is 9.24. The molecule has 0 aromatic heterocycles. The fraction of sp³-hybridized carbons (Fsp3) is 1.00. The van der Waals surface area contributed by atoms with E-state index in [1.165, 1.54) is 4.31 Å². The van der Waals surface area contributed by atoms with Gasteiger partial charge in [0.15, 0.2) is 0 Å². The van der Waals surface area contributed by atoms with Crippen LogP contribution < -0.4 is 0 Å². The molecular formula is C12H24N2O3S. The van der Waals surface area contributed by atoms with E-state index in [0.717, 1.165) is 38.5 Å². The van der Waals surface area contributed by atoms with Gasteiger partial charge < -0.3 is 5.11 Å². The average molecular weight is 276 g/mol. The van der Waals surface area contributed by atoms with Crippen LogP contribution in [0.2, 0.25) is 0 Å². The summed E-state index contributed by atoms with van der Waals surface area (Å²) in [4.78, 5) is 0. The Bertz CT molecular complexity index is 358. The van der Waals surface area contributed by atoms with Gasteiger partial charge in [0.25, 0.3) is 10.2 Å². The number of aliphatic hydroxyl groups excluding tert-OH is 1. The van der Waals surface area contributed by atoms with Crippen molar-refractivity contribution in [3.63, 3.8) is 0 Å². The standard InChI is InChI=1S/C12H24N2O3S/c1-13(10-11-8-12(15)9-11)18(16,17)14-6-4-2-3-5-7-14/h11-12,15H,2-10H2,1H3. The van der Waals surface area contributed by atoms with Gasteiger partial charge in [-0.05, 0) is 31.6 Å². The highest BCUT2D eigenvalue weighted by atomic mass is 32.2. The Labute approximate surface area is 110 Å². The van der Waals surface area contributed by atoms with Gasteiger partial charge in [-0.15, -0.1) is 0 Å². The van der Waals surface area contributed by atoms with Crippen LogP contribution >= 0.6 is 0 Å². The molecular weight excluding hydrogens is 252 g/mol. The average Bonchev–Trinajstić information content (AvgIpc) is 2.55. The minimum atomic E-state index is -3.29. The monoisotopic (exact) mass is 276 g/mol. The molecule has 0 aromatic carbocycles. The zero-order valence-electron chi connectivity index (χ0n) is 11.1. The first-order chi connectivity index (χ1) is 8.50. The summed E-state index contributed by atoms with van der Waals surface area (Å²) in [6, 6.07) is 0. The topological polar surface area (TPSA) is 60.9 Å². The van der Waals surface area contributed by atoms with Crippen molar-refractivity contribution in [3.05, 3.63) is 0 Å². The second kappa shape index (κ2) is 5.86. The van der Waals surface area contributed by atoms with Gasteiger partial charge in [0.1, 0.15) is 0 Å². The summed E-state index contributed by atoms with van der Waals surface area (Å²) in [7, 11) is -1.63. The van der Waals surface area contributed by atoms with Crippen LogP contribution in [-0.4, -0.2) is 54.9 Å². The third kappa shape index (κ3) is 3.23. The molecule has 0 spiro atoms. The van der Waals surface area contributed by atoms with Gasteiger partial charge in [0.05, 0.1) is 6.10 Å². The van der Waals surface area contributed by atoms with Crippen molar-refractivity contribution in [1.29, 1.82) is 0 Å². The zero-order valence-corrected chi connectivity index (χ0v) is 11.9. The summed E-state index contributed by atoms with van der Waals surface area (Å²) in [6.45, 7) is 1.84.